The van der Waals surface area contributed by atoms with Gasteiger partial charge in [0.1, 0.15) is 17.5 Å². The summed E-state index contributed by atoms with van der Waals surface area (Å²) in [6, 6.07) is 41.7. The molecule has 0 bridgehead atoms. The van der Waals surface area contributed by atoms with Gasteiger partial charge in [0.25, 0.3) is 5.91 Å². The molecule has 3 atom stereocenters. The van der Waals surface area contributed by atoms with Crippen molar-refractivity contribution in [2.45, 2.75) is 59.4 Å². The molecule has 2 saturated heterocycles. The number of ether oxygens (including phenoxy) is 2. The molecule has 1 N–H and O–H groups in total. The highest BCUT2D eigenvalue weighted by molar-refractivity contribution is 9.10. The number of carbonyl (C=O) groups is 3. The monoisotopic (exact) mass is 960 g/mol. The van der Waals surface area contributed by atoms with Gasteiger partial charge in [-0.2, -0.15) is 0 Å². The van der Waals surface area contributed by atoms with Gasteiger partial charge < -0.3 is 14.6 Å². The number of halogens is 1. The van der Waals surface area contributed by atoms with Crippen molar-refractivity contribution in [3.63, 3.8) is 0 Å². The van der Waals surface area contributed by atoms with Crippen LogP contribution >= 0.6 is 15.9 Å². The number of carbonyl (C=O) groups excluding carboxylic acids is 3. The maximum absolute atomic E-state index is 14.0. The van der Waals surface area contributed by atoms with Gasteiger partial charge in [-0.15, -0.1) is 0 Å². The quantitative estimate of drug-likeness (QED) is 0.114. The highest BCUT2D eigenvalue weighted by Gasteiger charge is 2.59. The van der Waals surface area contributed by atoms with E-state index in [0.29, 0.717) is 51.2 Å². The number of hydrogen-bond donors (Lipinski definition) is 1. The molecular formula is C54H53BrN6O6. The van der Waals surface area contributed by atoms with E-state index in [4.69, 9.17) is 22.6 Å². The lowest BCUT2D eigenvalue weighted by atomic mass is 9.86. The van der Waals surface area contributed by atoms with Crippen molar-refractivity contribution in [2.24, 2.45) is 11.8 Å². The fourth-order valence-corrected chi connectivity index (χ4v) is 8.59. The third kappa shape index (κ3) is 10.3. The Morgan fingerprint density at radius 3 is 1.51 bits per heavy atom. The molecule has 2 aliphatic rings. The van der Waals surface area contributed by atoms with E-state index in [-0.39, 0.29) is 29.8 Å². The minimum atomic E-state index is -1.69. The van der Waals surface area contributed by atoms with E-state index < -0.39 is 17.8 Å². The number of urea groups is 2. The lowest BCUT2D eigenvalue weighted by Crippen LogP contribution is -2.51. The van der Waals surface area contributed by atoms with Gasteiger partial charge in [-0.1, -0.05) is 115 Å². The molecule has 2 aliphatic heterocycles. The van der Waals surface area contributed by atoms with Crippen molar-refractivity contribution in [2.75, 3.05) is 33.8 Å². The summed E-state index contributed by atoms with van der Waals surface area (Å²) in [7, 11) is 3.19. The molecule has 0 saturated carbocycles. The Morgan fingerprint density at radius 2 is 1.06 bits per heavy atom. The Labute approximate surface area is 401 Å². The molecule has 0 radical (unpaired) electrons. The van der Waals surface area contributed by atoms with Gasteiger partial charge in [-0.05, 0) is 116 Å². The van der Waals surface area contributed by atoms with Crippen LogP contribution in [0.4, 0.5) is 43.7 Å². The number of nitrogens with zero attached hydrogens (tertiary/aromatic N) is 6. The maximum Gasteiger partial charge on any atom is 0.336 e. The van der Waals surface area contributed by atoms with Crippen LogP contribution in [0.2, 0.25) is 0 Å². The molecule has 2 fully saturated rings. The number of aryl methyl sites for hydroxylation is 2. The molecule has 6 aromatic rings. The molecule has 2 heterocycles. The molecule has 5 amide bonds. The van der Waals surface area contributed by atoms with Gasteiger partial charge in [0, 0.05) is 21.5 Å². The van der Waals surface area contributed by atoms with Crippen LogP contribution in [0.5, 0.6) is 11.5 Å². The third-order valence-corrected chi connectivity index (χ3v) is 12.0. The number of anilines is 4. The molecular weight excluding hydrogens is 909 g/mol. The summed E-state index contributed by atoms with van der Waals surface area (Å²) in [6.07, 6.45) is 0. The zero-order chi connectivity index (χ0) is 48.6. The summed E-state index contributed by atoms with van der Waals surface area (Å²) >= 11 is 3.26. The lowest BCUT2D eigenvalue weighted by molar-refractivity contribution is -0.118. The van der Waals surface area contributed by atoms with Crippen molar-refractivity contribution in [1.29, 1.82) is 0 Å². The van der Waals surface area contributed by atoms with Crippen molar-refractivity contribution in [1.82, 2.24) is 0 Å². The summed E-state index contributed by atoms with van der Waals surface area (Å²) in [5, 5.41) is 12.4. The van der Waals surface area contributed by atoms with E-state index in [2.05, 4.69) is 25.6 Å². The van der Waals surface area contributed by atoms with Crippen LogP contribution < -0.4 is 29.1 Å². The van der Waals surface area contributed by atoms with Crippen LogP contribution in [0.15, 0.2) is 150 Å². The lowest BCUT2D eigenvalue weighted by Gasteiger charge is -2.39. The van der Waals surface area contributed by atoms with Crippen LogP contribution in [0, 0.1) is 38.8 Å². The average molecular weight is 962 g/mol. The molecule has 8 rings (SSSR count). The van der Waals surface area contributed by atoms with Crippen molar-refractivity contribution >= 4 is 68.0 Å². The van der Waals surface area contributed by atoms with Gasteiger partial charge in [-0.25, -0.2) is 24.2 Å². The van der Waals surface area contributed by atoms with Gasteiger partial charge in [-0.3, -0.25) is 19.5 Å². The number of amides is 5. The zero-order valence-corrected chi connectivity index (χ0v) is 40.3. The highest BCUT2D eigenvalue weighted by Crippen LogP contribution is 2.48. The van der Waals surface area contributed by atoms with Crippen LogP contribution in [0.3, 0.4) is 0 Å². The Kier molecular flexibility index (Phi) is 15.5. The van der Waals surface area contributed by atoms with Crippen LogP contribution in [0.25, 0.3) is 9.69 Å². The van der Waals surface area contributed by atoms with Crippen molar-refractivity contribution in [3.05, 3.63) is 190 Å². The molecule has 13 heteroatoms. The predicted octanol–water partition coefficient (Wildman–Crippen LogP) is 12.9. The van der Waals surface area contributed by atoms with Crippen molar-refractivity contribution < 1.29 is 29.0 Å². The van der Waals surface area contributed by atoms with Gasteiger partial charge in [0.2, 0.25) is 0 Å². The van der Waals surface area contributed by atoms with E-state index in [1.807, 2.05) is 102 Å². The Hall–Kier alpha value is -7.45. The molecule has 342 valence electrons. The Balaban J connectivity index is 0.000000191. The fraction of sp³-hybridized carbons (Fsp3) is 0.241. The SMILES string of the molecule is COc1ccc(N2C(=O)N(c3ccc(C)cc3)C(=O)C2C(C)C)cc1.[C-]#[N+]c1cccc(Br)c1.[C-]#[N+]c1cccc(C2(O)C(C(C)C)N(c3ccc(OC)cc3)C(=O)N2c2ccc(C)cc2)c1. The first-order chi connectivity index (χ1) is 32.1. The first-order valence-electron chi connectivity index (χ1n) is 21.6. The smallest absolute Gasteiger partial charge is 0.336 e. The minimum absolute atomic E-state index is 0.00556. The van der Waals surface area contributed by atoms with Crippen LogP contribution in [-0.4, -0.2) is 49.4 Å². The summed E-state index contributed by atoms with van der Waals surface area (Å²) in [5.41, 5.74) is 4.55. The zero-order valence-electron chi connectivity index (χ0n) is 38.7. The predicted molar refractivity (Wildman–Crippen MR) is 268 cm³/mol. The van der Waals surface area contributed by atoms with Crippen LogP contribution in [0.1, 0.15) is 44.4 Å². The summed E-state index contributed by atoms with van der Waals surface area (Å²) in [6.45, 7) is 25.9. The first kappa shape index (κ1) is 49.0. The number of hydrogen-bond acceptors (Lipinski definition) is 6. The molecule has 6 aromatic carbocycles. The average Bonchev–Trinajstić information content (AvgIpc) is 3.75. The van der Waals surface area contributed by atoms with Gasteiger partial charge >= 0.3 is 12.1 Å². The largest absolute Gasteiger partial charge is 0.497 e. The number of imide groups is 1. The van der Waals surface area contributed by atoms with Gasteiger partial charge in [0.05, 0.1) is 39.1 Å². The van der Waals surface area contributed by atoms with Crippen LogP contribution in [-0.2, 0) is 10.5 Å². The maximum atomic E-state index is 14.0. The molecule has 67 heavy (non-hydrogen) atoms. The standard InChI is InChI=1S/C27H27N3O3.C20H22N2O3.C7H4BrN/c1-18(2)25-27(32,20-7-6-8-21(17-20)28-4)30(23-11-9-19(3)10-12-23)26(31)29(25)22-13-15-24(33-5)16-14-22;1-13(2)18-19(23)22(16-7-5-14(3)6-8-16)20(24)21(18)15-9-11-17(25-4)12-10-15;1-9-7-4-2-3-6(8)5-7/h6-18,25,32H,1-3,5H3;5-13,18H,1-4H3;2-5H. The summed E-state index contributed by atoms with van der Waals surface area (Å²) in [5.74, 6) is 1.09. The second-order valence-corrected chi connectivity index (χ2v) is 17.7. The fourth-order valence-electron chi connectivity index (χ4n) is 8.20. The second kappa shape index (κ2) is 21.2. The van der Waals surface area contributed by atoms with E-state index in [0.717, 1.165) is 15.6 Å². The minimum Gasteiger partial charge on any atom is -0.497 e. The van der Waals surface area contributed by atoms with E-state index in [1.54, 1.807) is 109 Å². The van der Waals surface area contributed by atoms with E-state index in [9.17, 15) is 19.5 Å². The summed E-state index contributed by atoms with van der Waals surface area (Å²) < 4.78 is 11.4. The Bertz CT molecular complexity index is 2790. The van der Waals surface area contributed by atoms with Gasteiger partial charge in [0.15, 0.2) is 17.1 Å². The topological polar surface area (TPSA) is 112 Å². The second-order valence-electron chi connectivity index (χ2n) is 16.7. The number of rotatable bonds is 9. The Morgan fingerprint density at radius 1 is 0.597 bits per heavy atom. The molecule has 0 aromatic heterocycles. The molecule has 12 nitrogen and oxygen atoms in total. The van der Waals surface area contributed by atoms with E-state index in [1.165, 1.54) is 9.80 Å². The molecule has 0 aliphatic carbocycles. The third-order valence-electron chi connectivity index (χ3n) is 11.5. The number of aliphatic hydroxyl groups is 1. The van der Waals surface area contributed by atoms with E-state index >= 15 is 0 Å². The molecule has 0 spiro atoms. The first-order valence-corrected chi connectivity index (χ1v) is 22.4. The highest BCUT2D eigenvalue weighted by atomic mass is 79.9. The summed E-state index contributed by atoms with van der Waals surface area (Å²) in [4.78, 5) is 52.8. The normalized spacial score (nSPS) is 17.7. The number of benzene rings is 6. The molecule has 3 unspecified atom stereocenters. The van der Waals surface area contributed by atoms with Crippen molar-refractivity contribution in [3.8, 4) is 11.5 Å². The number of methoxy groups -OCH3 is 2.